The molecule has 1 aliphatic rings. The standard InChI is InChI=1S/C34H35FN4O6S2/c1-23-5-18-32(46-23)47(43,44)45-30-16-12-27(13-17-30)37-34(42)38(31(33(36)41)20-24-8-14-29(40)15-9-24)28-4-3-19-39(2,22-28)21-25-6-10-26(35)11-7-25/h5-18,31H,3-4,19-22H2,1-2H3,(H2-2,36,37,40,41,42)/p+2/b38-28+/t31-,39?/m0/s1. The van der Waals surface area contributed by atoms with Crippen LogP contribution in [0.4, 0.5) is 14.9 Å². The summed E-state index contributed by atoms with van der Waals surface area (Å²) in [5, 5.41) is 12.6. The second kappa shape index (κ2) is 14.0. The summed E-state index contributed by atoms with van der Waals surface area (Å²) in [5.74, 6) is -0.872. The maximum atomic E-state index is 14.1. The van der Waals surface area contributed by atoms with Crippen LogP contribution in [0, 0.1) is 12.7 Å². The lowest BCUT2D eigenvalue weighted by Crippen LogP contribution is -2.56. The summed E-state index contributed by atoms with van der Waals surface area (Å²) in [7, 11) is -1.96. The number of nitrogens with zero attached hydrogens (tertiary/aromatic N) is 2. The number of aryl methyl sites for hydroxylation is 1. The number of thiophene rings is 1. The number of primary amides is 1. The Kier molecular flexibility index (Phi) is 10.1. The number of halogens is 1. The van der Waals surface area contributed by atoms with E-state index < -0.39 is 28.1 Å². The van der Waals surface area contributed by atoms with E-state index in [4.69, 9.17) is 9.92 Å². The number of carbonyl (C=O) groups is 2. The van der Waals surface area contributed by atoms with Crippen LogP contribution in [0.2, 0.25) is 0 Å². The van der Waals surface area contributed by atoms with Crippen molar-refractivity contribution in [1.82, 2.24) is 0 Å². The van der Waals surface area contributed by atoms with E-state index in [0.717, 1.165) is 40.5 Å². The van der Waals surface area contributed by atoms with Gasteiger partial charge in [-0.05, 0) is 73.2 Å². The van der Waals surface area contributed by atoms with Crippen LogP contribution in [0.25, 0.3) is 0 Å². The molecule has 4 N–H and O–H groups in total. The van der Waals surface area contributed by atoms with Crippen molar-refractivity contribution in [3.05, 3.63) is 107 Å². The van der Waals surface area contributed by atoms with Crippen LogP contribution < -0.4 is 15.2 Å². The Bertz CT molecular complexity index is 1890. The van der Waals surface area contributed by atoms with Crippen molar-refractivity contribution in [2.75, 3.05) is 25.5 Å². The first kappa shape index (κ1) is 33.8. The van der Waals surface area contributed by atoms with E-state index in [2.05, 4.69) is 12.4 Å². The van der Waals surface area contributed by atoms with E-state index >= 15 is 0 Å². The molecule has 0 aliphatic carbocycles. The molecule has 1 saturated heterocycles. The Morgan fingerprint density at radius 2 is 1.68 bits per heavy atom. The SMILES string of the molecule is Cc1ccc(S(=O)(=O)Oc2ccc(NC(=O)/[N+](=C3\CCC[N+](C)(Cc4ccc(F)cc4)C3)[C@@H](Cc3ccc(O)cc3)C(N)=O)cc2)s1. The summed E-state index contributed by atoms with van der Waals surface area (Å²) in [4.78, 5) is 27.9. The Balaban J connectivity index is 1.44. The average molecular weight is 681 g/mol. The van der Waals surface area contributed by atoms with Crippen molar-refractivity contribution in [3.8, 4) is 11.5 Å². The molecule has 0 spiro atoms. The number of urea groups is 1. The first-order valence-electron chi connectivity index (χ1n) is 15.0. The van der Waals surface area contributed by atoms with Gasteiger partial charge in [-0.15, -0.1) is 11.3 Å². The van der Waals surface area contributed by atoms with E-state index in [9.17, 15) is 27.5 Å². The van der Waals surface area contributed by atoms with E-state index in [1.165, 1.54) is 59.2 Å². The predicted octanol–water partition coefficient (Wildman–Crippen LogP) is 5.19. The molecule has 3 amide bonds. The average Bonchev–Trinajstić information content (AvgIpc) is 3.47. The number of anilines is 1. The molecule has 1 fully saturated rings. The van der Waals surface area contributed by atoms with Gasteiger partial charge >= 0.3 is 16.1 Å². The molecular formula is C34H37FN4O6S2+2. The molecular weight excluding hydrogens is 644 g/mol. The number of carbonyl (C=O) groups excluding carboxylic acids is 2. The van der Waals surface area contributed by atoms with Gasteiger partial charge in [-0.3, -0.25) is 4.79 Å². The molecule has 0 saturated carbocycles. The minimum absolute atomic E-state index is 0.0696. The van der Waals surface area contributed by atoms with Gasteiger partial charge in [0.25, 0.3) is 5.91 Å². The topological polar surface area (TPSA) is 139 Å². The number of phenols is 1. The Morgan fingerprint density at radius 3 is 2.30 bits per heavy atom. The minimum atomic E-state index is -4.01. The zero-order valence-electron chi connectivity index (χ0n) is 26.1. The Labute approximate surface area is 277 Å². The maximum absolute atomic E-state index is 14.1. The highest BCUT2D eigenvalue weighted by Crippen LogP contribution is 2.26. The van der Waals surface area contributed by atoms with E-state index in [1.54, 1.807) is 37.3 Å². The van der Waals surface area contributed by atoms with E-state index in [-0.39, 0.29) is 27.9 Å². The largest absolute Gasteiger partial charge is 0.508 e. The molecule has 0 bridgehead atoms. The fourth-order valence-electron chi connectivity index (χ4n) is 5.80. The Morgan fingerprint density at radius 1 is 1.02 bits per heavy atom. The third-order valence-electron chi connectivity index (χ3n) is 8.04. The summed E-state index contributed by atoms with van der Waals surface area (Å²) in [6, 6.07) is 20.1. The third kappa shape index (κ3) is 8.61. The van der Waals surface area contributed by atoms with Gasteiger partial charge in [0.1, 0.15) is 41.8 Å². The van der Waals surface area contributed by atoms with Crippen molar-refractivity contribution in [1.29, 1.82) is 0 Å². The van der Waals surface area contributed by atoms with Crippen molar-refractivity contribution in [3.63, 3.8) is 0 Å². The summed E-state index contributed by atoms with van der Waals surface area (Å²) in [6.07, 6.45) is 1.41. The molecule has 4 aromatic rings. The number of piperidine rings is 1. The fourth-order valence-corrected chi connectivity index (χ4v) is 7.97. The van der Waals surface area contributed by atoms with Crippen LogP contribution >= 0.6 is 11.3 Å². The normalized spacial score (nSPS) is 18.3. The van der Waals surface area contributed by atoms with Gasteiger partial charge in [-0.1, -0.05) is 24.3 Å². The van der Waals surface area contributed by atoms with Crippen molar-refractivity contribution >= 4 is 44.8 Å². The number of rotatable bonds is 10. The van der Waals surface area contributed by atoms with Crippen LogP contribution in [0.1, 0.15) is 28.8 Å². The number of phenolic OH excluding ortho intramolecular Hbond substituents is 1. The quantitative estimate of drug-likeness (QED) is 0.120. The van der Waals surface area contributed by atoms with Crippen LogP contribution in [0.5, 0.6) is 11.5 Å². The minimum Gasteiger partial charge on any atom is -0.508 e. The third-order valence-corrected chi connectivity index (χ3v) is 10.7. The highest BCUT2D eigenvalue weighted by Gasteiger charge is 2.39. The van der Waals surface area contributed by atoms with E-state index in [1.807, 2.05) is 0 Å². The summed E-state index contributed by atoms with van der Waals surface area (Å²) in [6.45, 7) is 3.64. The molecule has 2 heterocycles. The molecule has 5 rings (SSSR count). The van der Waals surface area contributed by atoms with Gasteiger partial charge in [0.05, 0.1) is 13.6 Å². The van der Waals surface area contributed by atoms with Gasteiger partial charge < -0.3 is 19.5 Å². The lowest BCUT2D eigenvalue weighted by atomic mass is 10.0. The number of benzene rings is 3. The molecule has 3 aromatic carbocycles. The van der Waals surface area contributed by atoms with Gasteiger partial charge in [-0.2, -0.15) is 17.8 Å². The number of amides is 3. The number of likely N-dealkylation sites (tertiary alicyclic amines) is 1. The molecule has 0 radical (unpaired) electrons. The zero-order valence-corrected chi connectivity index (χ0v) is 27.7. The van der Waals surface area contributed by atoms with Crippen LogP contribution in [-0.4, -0.2) is 66.4 Å². The highest BCUT2D eigenvalue weighted by molar-refractivity contribution is 7.89. The lowest BCUT2D eigenvalue weighted by molar-refractivity contribution is -0.918. The van der Waals surface area contributed by atoms with Gasteiger partial charge in [0, 0.05) is 29.7 Å². The number of nitrogens with two attached hydrogens (primary N) is 1. The van der Waals surface area contributed by atoms with Crippen LogP contribution in [0.15, 0.2) is 89.1 Å². The molecule has 2 atom stereocenters. The maximum Gasteiger partial charge on any atom is 0.496 e. The second-order valence-electron chi connectivity index (χ2n) is 12.0. The summed E-state index contributed by atoms with van der Waals surface area (Å²) in [5.41, 5.74) is 8.67. The lowest BCUT2D eigenvalue weighted by Gasteiger charge is -2.38. The number of hydrogen-bond donors (Lipinski definition) is 3. The molecule has 47 heavy (non-hydrogen) atoms. The van der Waals surface area contributed by atoms with E-state index in [0.29, 0.717) is 35.2 Å². The number of hydrogen-bond acceptors (Lipinski definition) is 7. The number of nitrogens with one attached hydrogen (secondary N) is 1. The van der Waals surface area contributed by atoms with Crippen molar-refractivity contribution < 1.29 is 40.7 Å². The molecule has 1 aliphatic heterocycles. The van der Waals surface area contributed by atoms with Crippen LogP contribution in [-0.2, 0) is 27.9 Å². The monoisotopic (exact) mass is 680 g/mol. The van der Waals surface area contributed by atoms with Gasteiger partial charge in [0.2, 0.25) is 0 Å². The van der Waals surface area contributed by atoms with Gasteiger partial charge in [-0.25, -0.2) is 9.71 Å². The zero-order chi connectivity index (χ0) is 33.8. The first-order valence-corrected chi connectivity index (χ1v) is 17.2. The first-order chi connectivity index (χ1) is 22.3. The van der Waals surface area contributed by atoms with Crippen molar-refractivity contribution in [2.45, 2.75) is 43.0 Å². The molecule has 13 heteroatoms. The van der Waals surface area contributed by atoms with Crippen LogP contribution in [0.3, 0.4) is 0 Å². The van der Waals surface area contributed by atoms with Crippen molar-refractivity contribution in [2.24, 2.45) is 5.73 Å². The molecule has 1 aromatic heterocycles. The molecule has 246 valence electrons. The molecule has 1 unspecified atom stereocenters. The smallest absolute Gasteiger partial charge is 0.496 e. The summed E-state index contributed by atoms with van der Waals surface area (Å²) < 4.78 is 46.2. The van der Waals surface area contributed by atoms with Gasteiger partial charge in [0.15, 0.2) is 10.3 Å². The number of aromatic hydroxyl groups is 1. The predicted molar refractivity (Wildman–Crippen MR) is 178 cm³/mol. The highest BCUT2D eigenvalue weighted by atomic mass is 32.3. The number of quaternary nitrogens is 1. The summed E-state index contributed by atoms with van der Waals surface area (Å²) >= 11 is 1.10. The second-order valence-corrected chi connectivity index (χ2v) is 15.0. The Hall–Kier alpha value is -4.59. The fraction of sp³-hybridized carbons (Fsp3) is 0.265. The molecule has 10 nitrogen and oxygen atoms in total.